The number of sulfonamides is 1. The van der Waals surface area contributed by atoms with Gasteiger partial charge in [0.2, 0.25) is 10.0 Å². The molecule has 0 aliphatic carbocycles. The highest BCUT2D eigenvalue weighted by molar-refractivity contribution is 7.89. The number of piperidine rings is 1. The number of hydrogen-bond acceptors (Lipinski definition) is 6. The lowest BCUT2D eigenvalue weighted by molar-refractivity contribution is 0.0209. The SMILES string of the molecule is Cl.NCCCOC1CCN(S(=O)(=O)c2cc3c(cc2Cl)OCCO3)CC1. The smallest absolute Gasteiger partial charge is 0.244 e. The highest BCUT2D eigenvalue weighted by Gasteiger charge is 2.32. The maximum atomic E-state index is 12.9. The third-order valence-corrected chi connectivity index (χ3v) is 6.68. The van der Waals surface area contributed by atoms with Gasteiger partial charge in [0.15, 0.2) is 11.5 Å². The molecule has 1 aromatic rings. The van der Waals surface area contributed by atoms with Gasteiger partial charge in [-0.15, -0.1) is 12.4 Å². The number of fused-ring (bicyclic) bond motifs is 1. The monoisotopic (exact) mass is 426 g/mol. The van der Waals surface area contributed by atoms with Gasteiger partial charge >= 0.3 is 0 Å². The van der Waals surface area contributed by atoms with E-state index >= 15 is 0 Å². The summed E-state index contributed by atoms with van der Waals surface area (Å²) in [5, 5.41) is 0.144. The molecule has 7 nitrogen and oxygen atoms in total. The molecule has 0 bridgehead atoms. The van der Waals surface area contributed by atoms with Crippen LogP contribution < -0.4 is 15.2 Å². The zero-order chi connectivity index (χ0) is 17.9. The molecule has 148 valence electrons. The first-order chi connectivity index (χ1) is 12.0. The van der Waals surface area contributed by atoms with E-state index in [4.69, 9.17) is 31.5 Å². The van der Waals surface area contributed by atoms with Gasteiger partial charge in [0.1, 0.15) is 18.1 Å². The molecule has 2 aliphatic heterocycles. The fourth-order valence-electron chi connectivity index (χ4n) is 2.95. The second kappa shape index (κ2) is 9.43. The van der Waals surface area contributed by atoms with E-state index < -0.39 is 10.0 Å². The molecule has 10 heteroatoms. The third-order valence-electron chi connectivity index (χ3n) is 4.32. The van der Waals surface area contributed by atoms with Gasteiger partial charge < -0.3 is 19.9 Å². The van der Waals surface area contributed by atoms with Gasteiger partial charge in [0.05, 0.1) is 11.1 Å². The molecule has 0 atom stereocenters. The fourth-order valence-corrected chi connectivity index (χ4v) is 4.93. The summed E-state index contributed by atoms with van der Waals surface area (Å²) in [5.74, 6) is 0.886. The first-order valence-corrected chi connectivity index (χ1v) is 10.2. The van der Waals surface area contributed by atoms with Crippen LogP contribution in [0, 0.1) is 0 Å². The quantitative estimate of drug-likeness (QED) is 0.699. The fraction of sp³-hybridized carbons (Fsp3) is 0.625. The first kappa shape index (κ1) is 21.5. The molecule has 0 aromatic heterocycles. The van der Waals surface area contributed by atoms with Gasteiger partial charge in [0, 0.05) is 31.8 Å². The van der Waals surface area contributed by atoms with E-state index in [1.807, 2.05) is 0 Å². The van der Waals surface area contributed by atoms with Gasteiger partial charge in [-0.05, 0) is 25.8 Å². The topological polar surface area (TPSA) is 91.1 Å². The van der Waals surface area contributed by atoms with Crippen LogP contribution in [0.15, 0.2) is 17.0 Å². The Morgan fingerprint density at radius 2 is 1.81 bits per heavy atom. The van der Waals surface area contributed by atoms with Crippen molar-refractivity contribution < 1.29 is 22.6 Å². The van der Waals surface area contributed by atoms with Crippen molar-refractivity contribution >= 4 is 34.0 Å². The molecule has 0 spiro atoms. The Bertz CT molecular complexity index is 709. The minimum Gasteiger partial charge on any atom is -0.486 e. The molecule has 0 radical (unpaired) electrons. The van der Waals surface area contributed by atoms with Crippen molar-refractivity contribution in [1.29, 1.82) is 0 Å². The molecule has 0 saturated carbocycles. The van der Waals surface area contributed by atoms with Crippen molar-refractivity contribution in [2.45, 2.75) is 30.3 Å². The number of benzene rings is 1. The van der Waals surface area contributed by atoms with Crippen molar-refractivity contribution in [3.8, 4) is 11.5 Å². The summed E-state index contributed by atoms with van der Waals surface area (Å²) in [6.07, 6.45) is 2.21. The molecule has 26 heavy (non-hydrogen) atoms. The maximum Gasteiger partial charge on any atom is 0.244 e. The van der Waals surface area contributed by atoms with Crippen LogP contribution >= 0.6 is 24.0 Å². The zero-order valence-corrected chi connectivity index (χ0v) is 16.7. The highest BCUT2D eigenvalue weighted by Crippen LogP contribution is 2.38. The van der Waals surface area contributed by atoms with Crippen LogP contribution in [-0.4, -0.2) is 58.3 Å². The molecule has 0 amide bonds. The number of nitrogens with two attached hydrogens (primary N) is 1. The number of halogens is 2. The predicted octanol–water partition coefficient (Wildman–Crippen LogP) is 2.05. The summed E-state index contributed by atoms with van der Waals surface area (Å²) in [7, 11) is -3.68. The van der Waals surface area contributed by atoms with Gasteiger partial charge in [-0.1, -0.05) is 11.6 Å². The van der Waals surface area contributed by atoms with E-state index in [-0.39, 0.29) is 28.4 Å². The van der Waals surface area contributed by atoms with Crippen LogP contribution in [0.5, 0.6) is 11.5 Å². The molecule has 2 aliphatic rings. The Morgan fingerprint density at radius 3 is 2.42 bits per heavy atom. The maximum absolute atomic E-state index is 12.9. The molecule has 1 saturated heterocycles. The van der Waals surface area contributed by atoms with E-state index in [0.717, 1.165) is 6.42 Å². The molecule has 1 fully saturated rings. The van der Waals surface area contributed by atoms with Crippen molar-refractivity contribution in [1.82, 2.24) is 4.31 Å². The normalized spacial score (nSPS) is 18.4. The molecular weight excluding hydrogens is 403 g/mol. The summed E-state index contributed by atoms with van der Waals surface area (Å²) >= 11 is 6.20. The molecule has 0 unspecified atom stereocenters. The molecule has 1 aromatic carbocycles. The van der Waals surface area contributed by atoms with E-state index in [2.05, 4.69) is 0 Å². The van der Waals surface area contributed by atoms with E-state index in [0.29, 0.717) is 63.8 Å². The number of ether oxygens (including phenoxy) is 3. The van der Waals surface area contributed by atoms with Crippen LogP contribution in [0.4, 0.5) is 0 Å². The van der Waals surface area contributed by atoms with Crippen molar-refractivity contribution in [2.24, 2.45) is 5.73 Å². The van der Waals surface area contributed by atoms with Gasteiger partial charge in [-0.3, -0.25) is 0 Å². The molecule has 3 rings (SSSR count). The van der Waals surface area contributed by atoms with E-state index in [9.17, 15) is 8.42 Å². The standard InChI is InChI=1S/C16H23ClN2O5S.ClH/c17-13-10-14-15(24-9-8-23-14)11-16(13)25(20,21)19-5-2-12(3-6-19)22-7-1-4-18;/h10-12H,1-9,18H2;1H. The van der Waals surface area contributed by atoms with E-state index in [1.54, 1.807) is 0 Å². The van der Waals surface area contributed by atoms with Gasteiger partial charge in [0.25, 0.3) is 0 Å². The summed E-state index contributed by atoms with van der Waals surface area (Å²) in [6.45, 7) is 2.82. The molecular formula is C16H24Cl2N2O5S. The average Bonchev–Trinajstić information content (AvgIpc) is 2.61. The summed E-state index contributed by atoms with van der Waals surface area (Å²) < 4.78 is 44.0. The van der Waals surface area contributed by atoms with Crippen LogP contribution in [0.1, 0.15) is 19.3 Å². The summed E-state index contributed by atoms with van der Waals surface area (Å²) in [5.41, 5.74) is 5.45. The molecule has 2 heterocycles. The Labute approximate surface area is 165 Å². The highest BCUT2D eigenvalue weighted by atomic mass is 35.5. The molecule has 2 N–H and O–H groups in total. The van der Waals surface area contributed by atoms with Crippen LogP contribution in [0.2, 0.25) is 5.02 Å². The minimum atomic E-state index is -3.68. The number of hydrogen-bond donors (Lipinski definition) is 1. The second-order valence-electron chi connectivity index (χ2n) is 6.04. The van der Waals surface area contributed by atoms with Crippen molar-refractivity contribution in [2.75, 3.05) is 39.5 Å². The predicted molar refractivity (Wildman–Crippen MR) is 101 cm³/mol. The van der Waals surface area contributed by atoms with Crippen LogP contribution in [0.3, 0.4) is 0 Å². The number of nitrogens with zero attached hydrogens (tertiary/aromatic N) is 1. The van der Waals surface area contributed by atoms with Crippen LogP contribution in [-0.2, 0) is 14.8 Å². The third kappa shape index (κ3) is 4.74. The first-order valence-electron chi connectivity index (χ1n) is 8.43. The Morgan fingerprint density at radius 1 is 1.19 bits per heavy atom. The lowest BCUT2D eigenvalue weighted by Gasteiger charge is -2.31. The Balaban J connectivity index is 0.00000243. The van der Waals surface area contributed by atoms with Crippen LogP contribution in [0.25, 0.3) is 0 Å². The van der Waals surface area contributed by atoms with E-state index in [1.165, 1.54) is 16.4 Å². The lowest BCUT2D eigenvalue weighted by atomic mass is 10.1. The van der Waals surface area contributed by atoms with Crippen molar-refractivity contribution in [3.05, 3.63) is 17.2 Å². The lowest BCUT2D eigenvalue weighted by Crippen LogP contribution is -2.41. The second-order valence-corrected chi connectivity index (χ2v) is 8.36. The van der Waals surface area contributed by atoms with Gasteiger partial charge in [-0.2, -0.15) is 4.31 Å². The average molecular weight is 427 g/mol. The minimum absolute atomic E-state index is 0. The van der Waals surface area contributed by atoms with Crippen molar-refractivity contribution in [3.63, 3.8) is 0 Å². The Kier molecular flexibility index (Phi) is 7.81. The zero-order valence-electron chi connectivity index (χ0n) is 14.4. The number of rotatable bonds is 6. The summed E-state index contributed by atoms with van der Waals surface area (Å²) in [4.78, 5) is 0.0564. The Hall–Kier alpha value is -0.770. The largest absolute Gasteiger partial charge is 0.486 e. The van der Waals surface area contributed by atoms with Gasteiger partial charge in [-0.25, -0.2) is 8.42 Å². The summed E-state index contributed by atoms with van der Waals surface area (Å²) in [6, 6.07) is 2.96.